The molecule has 0 spiro atoms. The average Bonchev–Trinajstić information content (AvgIpc) is 2.87. The number of anilines is 1. The normalized spacial score (nSPS) is 11.9. The maximum Gasteiger partial charge on any atom is 0.418 e. The average molecular weight is 277 g/mol. The molecule has 0 aliphatic rings. The largest absolute Gasteiger partial charge is 0.418 e. The molecule has 19 heavy (non-hydrogen) atoms. The van der Waals surface area contributed by atoms with Gasteiger partial charge in [0.1, 0.15) is 5.75 Å². The summed E-state index contributed by atoms with van der Waals surface area (Å²) in [7, 11) is 1.86. The number of carbonyl (C=O) groups is 1. The molecule has 100 valence electrons. The summed E-state index contributed by atoms with van der Waals surface area (Å²) in [6.07, 6.45) is -0.538. The van der Waals surface area contributed by atoms with Crippen LogP contribution in [-0.4, -0.2) is 18.1 Å². The van der Waals surface area contributed by atoms with E-state index in [1.807, 2.05) is 25.4 Å². The van der Waals surface area contributed by atoms with E-state index in [1.54, 1.807) is 24.3 Å². The molecule has 0 aliphatic heterocycles. The van der Waals surface area contributed by atoms with Crippen molar-refractivity contribution in [2.75, 3.05) is 12.4 Å². The van der Waals surface area contributed by atoms with Gasteiger partial charge in [0, 0.05) is 11.4 Å². The number of nitrogens with zero attached hydrogens (tertiary/aromatic N) is 1. The molecule has 0 saturated carbocycles. The number of benzene rings is 1. The third kappa shape index (κ3) is 3.77. The van der Waals surface area contributed by atoms with Crippen LogP contribution in [0.3, 0.4) is 0 Å². The molecule has 1 atom stereocenters. The van der Waals surface area contributed by atoms with Gasteiger partial charge in [-0.1, -0.05) is 18.2 Å². The smallest absolute Gasteiger partial charge is 0.410 e. The molecule has 1 unspecified atom stereocenters. The summed E-state index contributed by atoms with van der Waals surface area (Å²) in [4.78, 5) is 16.0. The van der Waals surface area contributed by atoms with Gasteiger partial charge in [-0.2, -0.15) is 0 Å². The Morgan fingerprint density at radius 3 is 2.79 bits per heavy atom. The van der Waals surface area contributed by atoms with Crippen LogP contribution in [0.15, 0.2) is 35.7 Å². The predicted octanol–water partition coefficient (Wildman–Crippen LogP) is 3.03. The summed E-state index contributed by atoms with van der Waals surface area (Å²) in [5, 5.41) is 8.12. The van der Waals surface area contributed by atoms with E-state index < -0.39 is 6.09 Å². The number of para-hydroxylation sites is 1. The summed E-state index contributed by atoms with van der Waals surface area (Å²) in [6.45, 7) is 2.00. The first kappa shape index (κ1) is 13.5. The first-order valence-electron chi connectivity index (χ1n) is 5.85. The standard InChI is InChI=1S/C13H15N3O2S/c1-9(14-2)11-8-19-12(15-11)16-13(17)18-10-6-4-3-5-7-10/h3-9,14H,1-2H3,(H,15,16,17). The molecular formula is C13H15N3O2S. The number of amides is 1. The second-order valence-electron chi connectivity index (χ2n) is 3.92. The third-order valence-electron chi connectivity index (χ3n) is 2.56. The van der Waals surface area contributed by atoms with Gasteiger partial charge in [0.25, 0.3) is 0 Å². The van der Waals surface area contributed by atoms with Crippen molar-refractivity contribution in [3.63, 3.8) is 0 Å². The number of carbonyl (C=O) groups excluding carboxylic acids is 1. The van der Waals surface area contributed by atoms with Crippen LogP contribution < -0.4 is 15.4 Å². The zero-order chi connectivity index (χ0) is 13.7. The van der Waals surface area contributed by atoms with Crippen molar-refractivity contribution in [1.29, 1.82) is 0 Å². The fourth-order valence-electron chi connectivity index (χ4n) is 1.40. The van der Waals surface area contributed by atoms with E-state index in [-0.39, 0.29) is 6.04 Å². The van der Waals surface area contributed by atoms with E-state index in [4.69, 9.17) is 4.74 Å². The Labute approximate surface area is 115 Å². The van der Waals surface area contributed by atoms with Crippen LogP contribution in [-0.2, 0) is 0 Å². The van der Waals surface area contributed by atoms with Crippen LogP contribution in [0.25, 0.3) is 0 Å². The summed E-state index contributed by atoms with van der Waals surface area (Å²) >= 11 is 1.37. The SMILES string of the molecule is CNC(C)c1csc(NC(=O)Oc2ccccc2)n1. The molecule has 2 rings (SSSR count). The van der Waals surface area contributed by atoms with Gasteiger partial charge in [0.2, 0.25) is 0 Å². The molecule has 0 saturated heterocycles. The molecule has 2 N–H and O–H groups in total. The van der Waals surface area contributed by atoms with Gasteiger partial charge >= 0.3 is 6.09 Å². The maximum atomic E-state index is 11.6. The molecule has 0 radical (unpaired) electrons. The van der Waals surface area contributed by atoms with Crippen molar-refractivity contribution in [1.82, 2.24) is 10.3 Å². The van der Waals surface area contributed by atoms with Crippen LogP contribution in [0, 0.1) is 0 Å². The summed E-state index contributed by atoms with van der Waals surface area (Å²) < 4.78 is 5.12. The summed E-state index contributed by atoms with van der Waals surface area (Å²) in [5.74, 6) is 0.500. The highest BCUT2D eigenvalue weighted by Crippen LogP contribution is 2.20. The Morgan fingerprint density at radius 2 is 2.11 bits per heavy atom. The van der Waals surface area contributed by atoms with Gasteiger partial charge in [-0.3, -0.25) is 5.32 Å². The van der Waals surface area contributed by atoms with Gasteiger partial charge in [0.05, 0.1) is 5.69 Å². The monoisotopic (exact) mass is 277 g/mol. The third-order valence-corrected chi connectivity index (χ3v) is 3.34. The Morgan fingerprint density at radius 1 is 1.37 bits per heavy atom. The van der Waals surface area contributed by atoms with Gasteiger partial charge in [-0.25, -0.2) is 9.78 Å². The molecule has 1 heterocycles. The fraction of sp³-hybridized carbons (Fsp3) is 0.231. The van der Waals surface area contributed by atoms with E-state index in [0.717, 1.165) is 5.69 Å². The maximum absolute atomic E-state index is 11.6. The number of thiazole rings is 1. The number of rotatable bonds is 4. The summed E-state index contributed by atoms with van der Waals surface area (Å²) in [5.41, 5.74) is 0.891. The number of nitrogens with one attached hydrogen (secondary N) is 2. The first-order valence-corrected chi connectivity index (χ1v) is 6.73. The molecular weight excluding hydrogens is 262 g/mol. The van der Waals surface area contributed by atoms with E-state index in [0.29, 0.717) is 10.9 Å². The minimum absolute atomic E-state index is 0.150. The number of hydrogen-bond donors (Lipinski definition) is 2. The van der Waals surface area contributed by atoms with Crippen LogP contribution in [0.4, 0.5) is 9.93 Å². The number of ether oxygens (including phenoxy) is 1. The van der Waals surface area contributed by atoms with Crippen molar-refractivity contribution < 1.29 is 9.53 Å². The Balaban J connectivity index is 1.94. The molecule has 1 aromatic carbocycles. The van der Waals surface area contributed by atoms with Crippen molar-refractivity contribution >= 4 is 22.6 Å². The Kier molecular flexibility index (Phi) is 4.48. The highest BCUT2D eigenvalue weighted by atomic mass is 32.1. The summed E-state index contributed by atoms with van der Waals surface area (Å²) in [6, 6.07) is 9.05. The molecule has 1 amide bonds. The fourth-order valence-corrected chi connectivity index (χ4v) is 2.19. The van der Waals surface area contributed by atoms with Gasteiger partial charge in [-0.15, -0.1) is 11.3 Å². The second kappa shape index (κ2) is 6.31. The van der Waals surface area contributed by atoms with Crippen LogP contribution >= 0.6 is 11.3 Å². The van der Waals surface area contributed by atoms with Gasteiger partial charge in [0.15, 0.2) is 5.13 Å². The lowest BCUT2D eigenvalue weighted by Crippen LogP contribution is -2.17. The quantitative estimate of drug-likeness (QED) is 0.901. The lowest BCUT2D eigenvalue weighted by molar-refractivity contribution is 0.215. The molecule has 0 bridgehead atoms. The zero-order valence-corrected chi connectivity index (χ0v) is 11.5. The molecule has 6 heteroatoms. The zero-order valence-electron chi connectivity index (χ0n) is 10.7. The van der Waals surface area contributed by atoms with E-state index in [9.17, 15) is 4.79 Å². The van der Waals surface area contributed by atoms with Crippen molar-refractivity contribution in [2.45, 2.75) is 13.0 Å². The van der Waals surface area contributed by atoms with Gasteiger partial charge in [-0.05, 0) is 26.1 Å². The van der Waals surface area contributed by atoms with Gasteiger partial charge < -0.3 is 10.1 Å². The van der Waals surface area contributed by atoms with E-state index in [1.165, 1.54) is 11.3 Å². The van der Waals surface area contributed by atoms with E-state index in [2.05, 4.69) is 15.6 Å². The second-order valence-corrected chi connectivity index (χ2v) is 4.77. The Bertz CT molecular complexity index is 542. The van der Waals surface area contributed by atoms with E-state index >= 15 is 0 Å². The molecule has 5 nitrogen and oxygen atoms in total. The van der Waals surface area contributed by atoms with Crippen molar-refractivity contribution in [3.8, 4) is 5.75 Å². The first-order chi connectivity index (χ1) is 9.19. The van der Waals surface area contributed by atoms with Crippen LogP contribution in [0.1, 0.15) is 18.7 Å². The number of hydrogen-bond acceptors (Lipinski definition) is 5. The predicted molar refractivity (Wildman–Crippen MR) is 75.7 cm³/mol. The van der Waals surface area contributed by atoms with Crippen LogP contribution in [0.5, 0.6) is 5.75 Å². The lowest BCUT2D eigenvalue weighted by atomic mass is 10.3. The minimum atomic E-state index is -0.538. The topological polar surface area (TPSA) is 63.2 Å². The highest BCUT2D eigenvalue weighted by Gasteiger charge is 2.11. The highest BCUT2D eigenvalue weighted by molar-refractivity contribution is 7.13. The lowest BCUT2D eigenvalue weighted by Gasteiger charge is -2.05. The molecule has 0 fully saturated rings. The van der Waals surface area contributed by atoms with Crippen molar-refractivity contribution in [3.05, 3.63) is 41.4 Å². The number of aromatic nitrogens is 1. The minimum Gasteiger partial charge on any atom is -0.410 e. The van der Waals surface area contributed by atoms with Crippen molar-refractivity contribution in [2.24, 2.45) is 0 Å². The molecule has 2 aromatic rings. The Hall–Kier alpha value is -1.92. The van der Waals surface area contributed by atoms with Crippen LogP contribution in [0.2, 0.25) is 0 Å². The molecule has 1 aromatic heterocycles. The molecule has 0 aliphatic carbocycles.